The van der Waals surface area contributed by atoms with E-state index in [1.807, 2.05) is 13.0 Å². The van der Waals surface area contributed by atoms with E-state index in [1.165, 1.54) is 5.56 Å². The first-order valence-corrected chi connectivity index (χ1v) is 6.32. The van der Waals surface area contributed by atoms with Crippen LogP contribution in [0.15, 0.2) is 24.3 Å². The van der Waals surface area contributed by atoms with Crippen LogP contribution < -0.4 is 10.1 Å². The van der Waals surface area contributed by atoms with Gasteiger partial charge < -0.3 is 10.1 Å². The zero-order chi connectivity index (χ0) is 12.3. The molecule has 94 valence electrons. The highest BCUT2D eigenvalue weighted by Crippen LogP contribution is 2.30. The molecule has 0 aromatic heterocycles. The molecule has 1 aromatic rings. The smallest absolute Gasteiger partial charge is 0.119 e. The fraction of sp³-hybridized carbons (Fsp3) is 0.571. The van der Waals surface area contributed by atoms with Crippen molar-refractivity contribution in [3.8, 4) is 5.75 Å². The molecule has 1 fully saturated rings. The topological polar surface area (TPSA) is 24.5 Å². The van der Waals surface area contributed by atoms with Crippen LogP contribution in [-0.4, -0.2) is 38.2 Å². The van der Waals surface area contributed by atoms with Gasteiger partial charge in [-0.05, 0) is 38.6 Å². The average Bonchev–Trinajstić information content (AvgIpc) is 2.34. The van der Waals surface area contributed by atoms with Crippen LogP contribution in [0, 0.1) is 0 Å². The van der Waals surface area contributed by atoms with Gasteiger partial charge in [0.15, 0.2) is 0 Å². The summed E-state index contributed by atoms with van der Waals surface area (Å²) in [7, 11) is 2.19. The molecule has 0 radical (unpaired) electrons. The van der Waals surface area contributed by atoms with Crippen molar-refractivity contribution in [2.45, 2.75) is 19.4 Å². The van der Waals surface area contributed by atoms with E-state index in [9.17, 15) is 0 Å². The zero-order valence-electron chi connectivity index (χ0n) is 11.0. The highest BCUT2D eigenvalue weighted by atomic mass is 16.5. The van der Waals surface area contributed by atoms with Crippen LogP contribution in [0.3, 0.4) is 0 Å². The van der Waals surface area contributed by atoms with Gasteiger partial charge >= 0.3 is 0 Å². The molecule has 1 aliphatic heterocycles. The minimum absolute atomic E-state index is 0.0609. The second-order valence-corrected chi connectivity index (χ2v) is 4.83. The molecule has 3 nitrogen and oxygen atoms in total. The van der Waals surface area contributed by atoms with E-state index in [-0.39, 0.29) is 5.54 Å². The van der Waals surface area contributed by atoms with Gasteiger partial charge in [-0.1, -0.05) is 12.1 Å². The van der Waals surface area contributed by atoms with Crippen LogP contribution >= 0.6 is 0 Å². The van der Waals surface area contributed by atoms with Crippen LogP contribution in [0.4, 0.5) is 0 Å². The van der Waals surface area contributed by atoms with Crippen LogP contribution in [0.5, 0.6) is 5.75 Å². The Morgan fingerprint density at radius 2 is 2.29 bits per heavy atom. The average molecular weight is 234 g/mol. The Hall–Kier alpha value is -1.06. The Labute approximate surface area is 104 Å². The summed E-state index contributed by atoms with van der Waals surface area (Å²) in [6.45, 7) is 8.15. The van der Waals surface area contributed by atoms with Crippen molar-refractivity contribution in [2.75, 3.05) is 33.3 Å². The first kappa shape index (κ1) is 12.4. The number of nitrogens with zero attached hydrogens (tertiary/aromatic N) is 1. The van der Waals surface area contributed by atoms with Crippen LogP contribution in [0.2, 0.25) is 0 Å². The summed E-state index contributed by atoms with van der Waals surface area (Å²) in [6, 6.07) is 8.44. The molecule has 1 N–H and O–H groups in total. The predicted octanol–water partition coefficient (Wildman–Crippen LogP) is 1.84. The van der Waals surface area contributed by atoms with Crippen molar-refractivity contribution in [1.82, 2.24) is 10.2 Å². The van der Waals surface area contributed by atoms with Crippen molar-refractivity contribution >= 4 is 0 Å². The van der Waals surface area contributed by atoms with E-state index < -0.39 is 0 Å². The Bertz CT molecular complexity index is 380. The van der Waals surface area contributed by atoms with Gasteiger partial charge in [-0.3, -0.25) is 4.90 Å². The van der Waals surface area contributed by atoms with Gasteiger partial charge in [0.05, 0.1) is 12.1 Å². The SMILES string of the molecule is CCOc1cccc(C2(C)CNCCN2C)c1. The van der Waals surface area contributed by atoms with Crippen molar-refractivity contribution in [3.63, 3.8) is 0 Å². The Kier molecular flexibility index (Phi) is 3.69. The third-order valence-corrected chi connectivity index (χ3v) is 3.70. The van der Waals surface area contributed by atoms with E-state index in [4.69, 9.17) is 4.74 Å². The van der Waals surface area contributed by atoms with E-state index in [0.29, 0.717) is 6.61 Å². The van der Waals surface area contributed by atoms with Crippen molar-refractivity contribution < 1.29 is 4.74 Å². The fourth-order valence-electron chi connectivity index (χ4n) is 2.37. The van der Waals surface area contributed by atoms with Gasteiger partial charge in [0, 0.05) is 19.6 Å². The number of hydrogen-bond donors (Lipinski definition) is 1. The lowest BCUT2D eigenvalue weighted by Gasteiger charge is -2.43. The molecule has 0 spiro atoms. The van der Waals surface area contributed by atoms with Crippen LogP contribution in [-0.2, 0) is 5.54 Å². The lowest BCUT2D eigenvalue weighted by atomic mass is 9.88. The number of rotatable bonds is 3. The predicted molar refractivity (Wildman–Crippen MR) is 70.5 cm³/mol. The second-order valence-electron chi connectivity index (χ2n) is 4.83. The van der Waals surface area contributed by atoms with E-state index >= 15 is 0 Å². The van der Waals surface area contributed by atoms with Crippen molar-refractivity contribution in [3.05, 3.63) is 29.8 Å². The highest BCUT2D eigenvalue weighted by molar-refractivity contribution is 5.33. The number of likely N-dealkylation sites (N-methyl/N-ethyl adjacent to an activating group) is 1. The minimum atomic E-state index is 0.0609. The zero-order valence-corrected chi connectivity index (χ0v) is 11.0. The normalized spacial score (nSPS) is 25.8. The molecule has 17 heavy (non-hydrogen) atoms. The Morgan fingerprint density at radius 1 is 1.47 bits per heavy atom. The first-order chi connectivity index (χ1) is 8.16. The third-order valence-electron chi connectivity index (χ3n) is 3.70. The highest BCUT2D eigenvalue weighted by Gasteiger charge is 2.33. The molecule has 1 atom stereocenters. The van der Waals surface area contributed by atoms with Crippen LogP contribution in [0.1, 0.15) is 19.4 Å². The lowest BCUT2D eigenvalue weighted by molar-refractivity contribution is 0.103. The monoisotopic (exact) mass is 234 g/mol. The Balaban J connectivity index is 2.28. The quantitative estimate of drug-likeness (QED) is 0.863. The largest absolute Gasteiger partial charge is 0.494 e. The number of ether oxygens (including phenoxy) is 1. The summed E-state index contributed by atoms with van der Waals surface area (Å²) in [4.78, 5) is 2.41. The first-order valence-electron chi connectivity index (χ1n) is 6.32. The molecule has 1 aliphatic rings. The molecule has 1 unspecified atom stereocenters. The minimum Gasteiger partial charge on any atom is -0.494 e. The van der Waals surface area contributed by atoms with Gasteiger partial charge in [-0.25, -0.2) is 0 Å². The molecule has 1 heterocycles. The molecule has 2 rings (SSSR count). The van der Waals surface area contributed by atoms with Crippen molar-refractivity contribution in [1.29, 1.82) is 0 Å². The number of benzene rings is 1. The molecule has 1 saturated heterocycles. The maximum absolute atomic E-state index is 5.58. The molecule has 1 aromatic carbocycles. The molecule has 0 bridgehead atoms. The standard InChI is InChI=1S/C14H22N2O/c1-4-17-13-7-5-6-12(10-13)14(2)11-15-8-9-16(14)3/h5-7,10,15H,4,8-9,11H2,1-3H3. The molecular formula is C14H22N2O. The van der Waals surface area contributed by atoms with E-state index in [0.717, 1.165) is 25.4 Å². The molecular weight excluding hydrogens is 212 g/mol. The van der Waals surface area contributed by atoms with Gasteiger partial charge in [0.2, 0.25) is 0 Å². The van der Waals surface area contributed by atoms with Gasteiger partial charge in [0.25, 0.3) is 0 Å². The summed E-state index contributed by atoms with van der Waals surface area (Å²) in [6.07, 6.45) is 0. The maximum atomic E-state index is 5.58. The molecule has 0 amide bonds. The van der Waals surface area contributed by atoms with Gasteiger partial charge in [-0.2, -0.15) is 0 Å². The second kappa shape index (κ2) is 5.07. The van der Waals surface area contributed by atoms with Crippen LogP contribution in [0.25, 0.3) is 0 Å². The van der Waals surface area contributed by atoms with Gasteiger partial charge in [-0.15, -0.1) is 0 Å². The number of hydrogen-bond acceptors (Lipinski definition) is 3. The van der Waals surface area contributed by atoms with Gasteiger partial charge in [0.1, 0.15) is 5.75 Å². The third kappa shape index (κ3) is 2.45. The fourth-order valence-corrected chi connectivity index (χ4v) is 2.37. The molecule has 0 saturated carbocycles. The summed E-state index contributed by atoms with van der Waals surface area (Å²) in [5.74, 6) is 0.963. The maximum Gasteiger partial charge on any atom is 0.119 e. The summed E-state index contributed by atoms with van der Waals surface area (Å²) < 4.78 is 5.58. The number of piperazine rings is 1. The van der Waals surface area contributed by atoms with Crippen molar-refractivity contribution in [2.24, 2.45) is 0 Å². The summed E-state index contributed by atoms with van der Waals surface area (Å²) in [5.41, 5.74) is 1.38. The number of nitrogens with one attached hydrogen (secondary N) is 1. The van der Waals surface area contributed by atoms with E-state index in [2.05, 4.69) is 42.4 Å². The van der Waals surface area contributed by atoms with E-state index in [1.54, 1.807) is 0 Å². The lowest BCUT2D eigenvalue weighted by Crippen LogP contribution is -2.55. The molecule has 0 aliphatic carbocycles. The summed E-state index contributed by atoms with van der Waals surface area (Å²) in [5, 5.41) is 3.47. The molecule has 3 heteroatoms. The Morgan fingerprint density at radius 3 is 3.00 bits per heavy atom. The summed E-state index contributed by atoms with van der Waals surface area (Å²) >= 11 is 0.